The van der Waals surface area contributed by atoms with E-state index in [1.807, 2.05) is 0 Å². The normalized spacial score (nSPS) is 25.4. The van der Waals surface area contributed by atoms with Crippen LogP contribution in [0.5, 0.6) is 0 Å². The van der Waals surface area contributed by atoms with Crippen LogP contribution in [-0.2, 0) is 0 Å². The number of hydrogen-bond acceptors (Lipinski definition) is 0. The summed E-state index contributed by atoms with van der Waals surface area (Å²) in [4.78, 5) is 0. The molecule has 0 radical (unpaired) electrons. The highest BCUT2D eigenvalue weighted by atomic mass is 35.5. The van der Waals surface area contributed by atoms with Gasteiger partial charge in [0.25, 0.3) is 0 Å². The fourth-order valence-corrected chi connectivity index (χ4v) is 6.43. The summed E-state index contributed by atoms with van der Waals surface area (Å²) in [7, 11) is 0. The summed E-state index contributed by atoms with van der Waals surface area (Å²) in [6.45, 7) is 2.28. The van der Waals surface area contributed by atoms with Crippen LogP contribution in [0.25, 0.3) is 11.1 Å². The monoisotopic (exact) mass is 490 g/mol. The average molecular weight is 491 g/mol. The third-order valence-corrected chi connectivity index (χ3v) is 8.81. The fourth-order valence-electron chi connectivity index (χ4n) is 6.31. The van der Waals surface area contributed by atoms with E-state index in [-0.39, 0.29) is 22.1 Å². The van der Waals surface area contributed by atoms with Crippen LogP contribution >= 0.6 is 11.6 Å². The zero-order valence-corrected chi connectivity index (χ0v) is 21.2. The molecule has 2 aliphatic rings. The molecule has 0 atom stereocenters. The Morgan fingerprint density at radius 1 is 0.706 bits per heavy atom. The second-order valence-electron chi connectivity index (χ2n) is 10.8. The van der Waals surface area contributed by atoms with E-state index >= 15 is 0 Å². The lowest BCUT2D eigenvalue weighted by Gasteiger charge is -2.32. The van der Waals surface area contributed by atoms with E-state index in [0.29, 0.717) is 0 Å². The quantitative estimate of drug-likeness (QED) is 0.345. The molecule has 0 aromatic heterocycles. The van der Waals surface area contributed by atoms with E-state index in [2.05, 4.69) is 6.92 Å². The second kappa shape index (κ2) is 12.0. The standard InChI is InChI=1S/C30H38ClF3/c1-2-3-4-20-5-7-21(8-6-20)9-10-22-11-13-23(14-12-22)25-18-28(33)30(29(34)19-25)24-15-16-26(31)27(32)17-24/h15-23H,2-14H2,1H3/t20-,21-,22-,23-. The van der Waals surface area contributed by atoms with Gasteiger partial charge in [-0.25, -0.2) is 13.2 Å². The molecule has 2 aliphatic carbocycles. The van der Waals surface area contributed by atoms with Crippen LogP contribution in [-0.4, -0.2) is 0 Å². The van der Waals surface area contributed by atoms with Crippen molar-refractivity contribution in [2.45, 2.75) is 96.3 Å². The Hall–Kier alpha value is -1.48. The van der Waals surface area contributed by atoms with Crippen molar-refractivity contribution in [3.05, 3.63) is 58.4 Å². The molecule has 0 heterocycles. The lowest BCUT2D eigenvalue weighted by atomic mass is 9.74. The molecule has 0 spiro atoms. The minimum absolute atomic E-state index is 0.0578. The maximum absolute atomic E-state index is 14.9. The van der Waals surface area contributed by atoms with E-state index in [9.17, 15) is 13.2 Å². The van der Waals surface area contributed by atoms with Crippen LogP contribution in [0, 0.1) is 35.2 Å². The van der Waals surface area contributed by atoms with Gasteiger partial charge in [-0.2, -0.15) is 0 Å². The van der Waals surface area contributed by atoms with Crippen LogP contribution in [0.3, 0.4) is 0 Å². The van der Waals surface area contributed by atoms with Gasteiger partial charge in [0.1, 0.15) is 17.5 Å². The first kappa shape index (κ1) is 25.6. The Labute approximate surface area is 208 Å². The smallest absolute Gasteiger partial charge is 0.142 e. The van der Waals surface area contributed by atoms with Crippen LogP contribution < -0.4 is 0 Å². The number of halogens is 4. The van der Waals surface area contributed by atoms with Crippen molar-refractivity contribution >= 4 is 11.6 Å². The van der Waals surface area contributed by atoms with Crippen molar-refractivity contribution in [1.82, 2.24) is 0 Å². The van der Waals surface area contributed by atoms with E-state index in [1.54, 1.807) is 0 Å². The first-order valence-electron chi connectivity index (χ1n) is 13.4. The van der Waals surface area contributed by atoms with Crippen molar-refractivity contribution in [2.75, 3.05) is 0 Å². The fraction of sp³-hybridized carbons (Fsp3) is 0.600. The van der Waals surface area contributed by atoms with E-state index < -0.39 is 17.5 Å². The highest BCUT2D eigenvalue weighted by Gasteiger charge is 2.26. The number of rotatable bonds is 8. The van der Waals surface area contributed by atoms with E-state index in [1.165, 1.54) is 82.1 Å². The lowest BCUT2D eigenvalue weighted by molar-refractivity contribution is 0.222. The number of unbranched alkanes of at least 4 members (excludes halogenated alkanes) is 1. The van der Waals surface area contributed by atoms with Crippen LogP contribution in [0.2, 0.25) is 5.02 Å². The van der Waals surface area contributed by atoms with E-state index in [0.717, 1.165) is 55.1 Å². The van der Waals surface area contributed by atoms with Crippen molar-refractivity contribution in [2.24, 2.45) is 17.8 Å². The summed E-state index contributed by atoms with van der Waals surface area (Å²) < 4.78 is 43.6. The molecule has 0 unspecified atom stereocenters. The van der Waals surface area contributed by atoms with Gasteiger partial charge in [0.05, 0.1) is 10.6 Å². The van der Waals surface area contributed by atoms with Gasteiger partial charge in [-0.05, 0) is 84.7 Å². The van der Waals surface area contributed by atoms with Gasteiger partial charge >= 0.3 is 0 Å². The predicted molar refractivity (Wildman–Crippen MR) is 136 cm³/mol. The predicted octanol–water partition coefficient (Wildman–Crippen LogP) is 10.5. The molecule has 2 aromatic carbocycles. The Morgan fingerprint density at radius 3 is 1.76 bits per heavy atom. The van der Waals surface area contributed by atoms with Crippen molar-refractivity contribution < 1.29 is 13.2 Å². The molecular weight excluding hydrogens is 453 g/mol. The highest BCUT2D eigenvalue weighted by Crippen LogP contribution is 2.41. The first-order chi connectivity index (χ1) is 16.4. The molecule has 0 N–H and O–H groups in total. The third kappa shape index (κ3) is 6.39. The molecule has 34 heavy (non-hydrogen) atoms. The lowest BCUT2D eigenvalue weighted by Crippen LogP contribution is -2.18. The Bertz CT molecular complexity index is 917. The summed E-state index contributed by atoms with van der Waals surface area (Å²) in [5.74, 6) is 0.888. The number of benzene rings is 2. The minimum Gasteiger partial charge on any atom is -0.206 e. The van der Waals surface area contributed by atoms with Crippen LogP contribution in [0.15, 0.2) is 30.3 Å². The molecule has 4 rings (SSSR count). The van der Waals surface area contributed by atoms with Gasteiger partial charge in [0.15, 0.2) is 0 Å². The average Bonchev–Trinajstić information content (AvgIpc) is 2.84. The largest absolute Gasteiger partial charge is 0.206 e. The molecule has 2 aromatic rings. The summed E-state index contributed by atoms with van der Waals surface area (Å²) in [5, 5.41) is -0.0578. The van der Waals surface area contributed by atoms with Gasteiger partial charge in [-0.1, -0.05) is 82.4 Å². The minimum atomic E-state index is -0.676. The van der Waals surface area contributed by atoms with Crippen molar-refractivity contribution in [3.8, 4) is 11.1 Å². The molecule has 4 heteroatoms. The highest BCUT2D eigenvalue weighted by molar-refractivity contribution is 6.30. The van der Waals surface area contributed by atoms with Crippen LogP contribution in [0.4, 0.5) is 13.2 Å². The molecule has 0 amide bonds. The summed E-state index contributed by atoms with van der Waals surface area (Å²) >= 11 is 5.71. The third-order valence-electron chi connectivity index (χ3n) is 8.51. The second-order valence-corrected chi connectivity index (χ2v) is 11.2. The molecule has 186 valence electrons. The molecule has 0 aliphatic heterocycles. The van der Waals surface area contributed by atoms with Crippen molar-refractivity contribution in [1.29, 1.82) is 0 Å². The summed E-state index contributed by atoms with van der Waals surface area (Å²) in [6.07, 6.45) is 16.7. The zero-order valence-electron chi connectivity index (χ0n) is 20.4. The van der Waals surface area contributed by atoms with Gasteiger partial charge < -0.3 is 0 Å². The van der Waals surface area contributed by atoms with Gasteiger partial charge in [-0.15, -0.1) is 0 Å². The van der Waals surface area contributed by atoms with Crippen LogP contribution in [0.1, 0.15) is 102 Å². The molecule has 0 bridgehead atoms. The molecule has 0 nitrogen and oxygen atoms in total. The number of hydrogen-bond donors (Lipinski definition) is 0. The maximum Gasteiger partial charge on any atom is 0.142 e. The zero-order chi connectivity index (χ0) is 24.1. The summed E-state index contributed by atoms with van der Waals surface area (Å²) in [6, 6.07) is 6.78. The molecule has 2 fully saturated rings. The molecule has 2 saturated carbocycles. The topological polar surface area (TPSA) is 0 Å². The van der Waals surface area contributed by atoms with Gasteiger partial charge in [0.2, 0.25) is 0 Å². The maximum atomic E-state index is 14.9. The first-order valence-corrected chi connectivity index (χ1v) is 13.8. The summed E-state index contributed by atoms with van der Waals surface area (Å²) in [5.41, 5.74) is 0.723. The molecular formula is C30H38ClF3. The Morgan fingerprint density at radius 2 is 1.24 bits per heavy atom. The Balaban J connectivity index is 1.27. The van der Waals surface area contributed by atoms with Gasteiger partial charge in [-0.3, -0.25) is 0 Å². The van der Waals surface area contributed by atoms with Crippen molar-refractivity contribution in [3.63, 3.8) is 0 Å². The molecule has 0 saturated heterocycles. The van der Waals surface area contributed by atoms with Gasteiger partial charge in [0, 0.05) is 0 Å². The van der Waals surface area contributed by atoms with E-state index in [4.69, 9.17) is 11.6 Å². The Kier molecular flexibility index (Phi) is 9.02. The SMILES string of the molecule is CCCC[C@H]1CC[C@H](CC[C@H]2CC[C@H](c3cc(F)c(-c4ccc(Cl)c(F)c4)c(F)c3)CC2)CC1.